The third-order valence-corrected chi connectivity index (χ3v) is 12.6. The van der Waals surface area contributed by atoms with E-state index in [4.69, 9.17) is 0 Å². The topological polar surface area (TPSA) is 0 Å². The Morgan fingerprint density at radius 3 is 2.20 bits per heavy atom. The van der Waals surface area contributed by atoms with Gasteiger partial charge in [0.2, 0.25) is 0 Å². The van der Waals surface area contributed by atoms with Crippen LogP contribution in [0.1, 0.15) is 75.6 Å². The molecule has 2 heterocycles. The van der Waals surface area contributed by atoms with Crippen LogP contribution < -0.4 is 0 Å². The summed E-state index contributed by atoms with van der Waals surface area (Å²) in [7, 11) is 0. The first-order valence-electron chi connectivity index (χ1n) is 13.4. The first kappa shape index (κ1) is 23.8. The fourth-order valence-corrected chi connectivity index (χ4v) is 10.2. The zero-order valence-corrected chi connectivity index (χ0v) is 24.8. The van der Waals surface area contributed by atoms with Crippen LogP contribution in [-0.2, 0) is 0 Å². The molecule has 6 rings (SSSR count). The fraction of sp³-hybridized carbons (Fsp3) is 0.333. The fourth-order valence-electron chi connectivity index (χ4n) is 5.56. The third kappa shape index (κ3) is 5.28. The van der Waals surface area contributed by atoms with Gasteiger partial charge in [0.1, 0.15) is 0 Å². The first-order chi connectivity index (χ1) is 17.3. The Balaban J connectivity index is 1.12. The van der Waals surface area contributed by atoms with Gasteiger partial charge in [-0.1, -0.05) is 13.3 Å². The minimum atomic E-state index is -0.108. The molecule has 0 aliphatic heterocycles. The van der Waals surface area contributed by atoms with Crippen molar-refractivity contribution in [2.75, 3.05) is 0 Å². The molecular weight excluding hydrogens is 603 g/mol. The molecule has 0 fully saturated rings. The van der Waals surface area contributed by atoms with E-state index < -0.39 is 0 Å². The molecule has 5 aromatic rings. The van der Waals surface area contributed by atoms with Gasteiger partial charge in [-0.2, -0.15) is 0 Å². The van der Waals surface area contributed by atoms with Crippen LogP contribution in [0, 0.1) is 0 Å². The Morgan fingerprint density at radius 2 is 1.37 bits per heavy atom. The van der Waals surface area contributed by atoms with Crippen molar-refractivity contribution in [1.29, 1.82) is 0 Å². The van der Waals surface area contributed by atoms with Crippen LogP contribution >= 0.6 is 0 Å². The van der Waals surface area contributed by atoms with Crippen molar-refractivity contribution in [3.05, 3.63) is 74.8 Å². The molecule has 0 N–H and O–H groups in total. The van der Waals surface area contributed by atoms with Gasteiger partial charge in [-0.3, -0.25) is 0 Å². The van der Waals surface area contributed by atoms with Crippen molar-refractivity contribution < 1.29 is 0 Å². The molecule has 0 nitrogen and oxygen atoms in total. The maximum absolute atomic E-state index is 2.50. The first-order valence-corrected chi connectivity index (χ1v) is 17.7. The number of hydrogen-bond donors (Lipinski definition) is 0. The Hall–Kier alpha value is -1.55. The molecule has 1 aliphatic rings. The maximum atomic E-state index is 2.50. The molecular formula is C33H34SeTe. The molecule has 0 saturated heterocycles. The number of allylic oxidation sites excluding steroid dienone is 4. The second kappa shape index (κ2) is 10.8. The SMILES string of the molecule is CCCCCCCCCCC1=CC=C(c2cc3cc4cc5cc6[te]ccc6cc5cc4cc3[se]2)C1. The van der Waals surface area contributed by atoms with Crippen molar-refractivity contribution in [3.63, 3.8) is 0 Å². The van der Waals surface area contributed by atoms with Gasteiger partial charge in [0.25, 0.3) is 0 Å². The van der Waals surface area contributed by atoms with Crippen molar-refractivity contribution in [3.8, 4) is 0 Å². The van der Waals surface area contributed by atoms with Crippen LogP contribution in [0.2, 0.25) is 0 Å². The van der Waals surface area contributed by atoms with Crippen LogP contribution in [0.4, 0.5) is 0 Å². The van der Waals surface area contributed by atoms with E-state index in [1.165, 1.54) is 96.5 Å². The molecule has 0 bridgehead atoms. The number of hydrogen-bond acceptors (Lipinski definition) is 0. The molecule has 2 heteroatoms. The van der Waals surface area contributed by atoms with Crippen LogP contribution in [0.15, 0.2) is 70.3 Å². The van der Waals surface area contributed by atoms with Gasteiger partial charge in [-0.05, 0) is 0 Å². The summed E-state index contributed by atoms with van der Waals surface area (Å²) >= 11 is 0.321. The monoisotopic (exact) mass is 640 g/mol. The summed E-state index contributed by atoms with van der Waals surface area (Å²) in [6.45, 7) is 2.30. The van der Waals surface area contributed by atoms with E-state index in [0.717, 1.165) is 0 Å². The van der Waals surface area contributed by atoms with Crippen molar-refractivity contribution in [2.24, 2.45) is 0 Å². The Morgan fingerprint density at radius 1 is 0.686 bits per heavy atom. The van der Waals surface area contributed by atoms with Gasteiger partial charge in [-0.15, -0.1) is 0 Å². The summed E-state index contributed by atoms with van der Waals surface area (Å²) < 4.78 is 7.16. The summed E-state index contributed by atoms with van der Waals surface area (Å²) in [4.78, 5) is 0. The average molecular weight is 637 g/mol. The number of rotatable bonds is 10. The van der Waals surface area contributed by atoms with E-state index in [-0.39, 0.29) is 20.4 Å². The second-order valence-corrected chi connectivity index (χ2v) is 15.3. The Labute approximate surface area is 225 Å². The molecule has 0 radical (unpaired) electrons. The Kier molecular flexibility index (Phi) is 7.37. The summed E-state index contributed by atoms with van der Waals surface area (Å²) in [5, 5.41) is 8.51. The molecule has 0 amide bonds. The molecule has 2 aromatic heterocycles. The zero-order chi connectivity index (χ0) is 23.6. The van der Waals surface area contributed by atoms with Gasteiger partial charge in [0, 0.05) is 0 Å². The molecule has 178 valence electrons. The second-order valence-electron chi connectivity index (χ2n) is 10.3. The Bertz CT molecular complexity index is 1470. The molecule has 0 atom stereocenters. The van der Waals surface area contributed by atoms with E-state index >= 15 is 0 Å². The summed E-state index contributed by atoms with van der Waals surface area (Å²) in [5.74, 6) is 0. The molecule has 0 saturated carbocycles. The van der Waals surface area contributed by atoms with Crippen molar-refractivity contribution in [2.45, 2.75) is 71.1 Å². The van der Waals surface area contributed by atoms with Gasteiger partial charge in [-0.25, -0.2) is 0 Å². The van der Waals surface area contributed by atoms with Gasteiger partial charge < -0.3 is 0 Å². The molecule has 35 heavy (non-hydrogen) atoms. The van der Waals surface area contributed by atoms with Crippen LogP contribution in [0.25, 0.3) is 45.6 Å². The van der Waals surface area contributed by atoms with E-state index in [1.54, 1.807) is 23.2 Å². The van der Waals surface area contributed by atoms with Gasteiger partial charge in [0.15, 0.2) is 0 Å². The van der Waals surface area contributed by atoms with Crippen molar-refractivity contribution in [1.82, 2.24) is 0 Å². The van der Waals surface area contributed by atoms with E-state index in [1.807, 2.05) is 0 Å². The molecule has 0 unspecified atom stereocenters. The van der Waals surface area contributed by atoms with Crippen LogP contribution in [0.3, 0.4) is 0 Å². The van der Waals surface area contributed by atoms with Crippen LogP contribution in [0.5, 0.6) is 0 Å². The predicted octanol–water partition coefficient (Wildman–Crippen LogP) is 9.66. The molecule has 3 aromatic carbocycles. The number of unbranched alkanes of at least 4 members (excludes halogenated alkanes) is 7. The molecule has 1 aliphatic carbocycles. The number of fused-ring (bicyclic) bond motifs is 4. The van der Waals surface area contributed by atoms with Crippen molar-refractivity contribution >= 4 is 80.5 Å². The predicted molar refractivity (Wildman–Crippen MR) is 158 cm³/mol. The summed E-state index contributed by atoms with van der Waals surface area (Å²) in [6, 6.07) is 19.5. The standard InChI is InChI=1S/C33H34SeTe/c1-2-3-4-5-6-7-8-9-10-23-11-12-24(15-23)31-21-30-19-27-18-29-22-33-25(13-14-35-33)16-26(29)17-28(27)20-32(30)34-31/h11-14,16-22H,2-10,15H2,1H3. The average Bonchev–Trinajstić information content (AvgIpc) is 3.60. The quantitative estimate of drug-likeness (QED) is 0.0813. The third-order valence-electron chi connectivity index (χ3n) is 7.61. The summed E-state index contributed by atoms with van der Waals surface area (Å²) in [6.07, 6.45) is 18.6. The van der Waals surface area contributed by atoms with Gasteiger partial charge in [0.05, 0.1) is 0 Å². The number of benzene rings is 3. The zero-order valence-electron chi connectivity index (χ0n) is 20.7. The van der Waals surface area contributed by atoms with E-state index in [0.29, 0.717) is 14.5 Å². The van der Waals surface area contributed by atoms with Crippen LogP contribution in [-0.4, -0.2) is 34.9 Å². The normalized spacial score (nSPS) is 14.0. The summed E-state index contributed by atoms with van der Waals surface area (Å²) in [5.41, 5.74) is 3.23. The van der Waals surface area contributed by atoms with Gasteiger partial charge >= 0.3 is 213 Å². The van der Waals surface area contributed by atoms with E-state index in [9.17, 15) is 0 Å². The minimum absolute atomic E-state index is 0.108. The molecule has 0 spiro atoms. The van der Waals surface area contributed by atoms with E-state index in [2.05, 4.69) is 71.7 Å².